The number of sulfonamides is 1. The van der Waals surface area contributed by atoms with Gasteiger partial charge in [-0.2, -0.15) is 0 Å². The summed E-state index contributed by atoms with van der Waals surface area (Å²) in [4.78, 5) is 10.3. The normalized spacial score (nSPS) is 11.8. The molecule has 1 aromatic carbocycles. The molecule has 5 nitrogen and oxygen atoms in total. The van der Waals surface area contributed by atoms with E-state index in [1.54, 1.807) is 31.2 Å². The molecule has 0 atom stereocenters. The van der Waals surface area contributed by atoms with Crippen molar-refractivity contribution in [1.29, 1.82) is 0 Å². The fraction of sp³-hybridized carbons (Fsp3) is 0.250. The zero-order valence-corrected chi connectivity index (χ0v) is 10.8. The van der Waals surface area contributed by atoms with Gasteiger partial charge in [-0.3, -0.25) is 0 Å². The third-order valence-electron chi connectivity index (χ3n) is 2.27. The molecule has 0 bridgehead atoms. The van der Waals surface area contributed by atoms with E-state index < -0.39 is 16.0 Å². The Bertz CT molecular complexity index is 532. The SMILES string of the molecule is CCS(=O)(=O)NCc1ccc(C=CC(=O)O)cc1. The number of hydrogen-bond donors (Lipinski definition) is 2. The van der Waals surface area contributed by atoms with E-state index in [4.69, 9.17) is 5.11 Å². The molecule has 0 aromatic heterocycles. The molecule has 0 aliphatic heterocycles. The summed E-state index contributed by atoms with van der Waals surface area (Å²) in [5.41, 5.74) is 1.57. The van der Waals surface area contributed by atoms with Crippen LogP contribution in [0, 0.1) is 0 Å². The monoisotopic (exact) mass is 269 g/mol. The summed E-state index contributed by atoms with van der Waals surface area (Å²) in [7, 11) is -3.19. The van der Waals surface area contributed by atoms with E-state index in [-0.39, 0.29) is 12.3 Å². The van der Waals surface area contributed by atoms with Crippen molar-refractivity contribution in [2.24, 2.45) is 0 Å². The quantitative estimate of drug-likeness (QED) is 0.761. The molecular formula is C12H15NO4S. The van der Waals surface area contributed by atoms with E-state index in [0.717, 1.165) is 17.2 Å². The lowest BCUT2D eigenvalue weighted by Crippen LogP contribution is -2.24. The van der Waals surface area contributed by atoms with Gasteiger partial charge in [-0.1, -0.05) is 24.3 Å². The van der Waals surface area contributed by atoms with E-state index >= 15 is 0 Å². The van der Waals surface area contributed by atoms with Gasteiger partial charge in [0.25, 0.3) is 0 Å². The maximum atomic E-state index is 11.2. The van der Waals surface area contributed by atoms with Crippen LogP contribution in [0.1, 0.15) is 18.1 Å². The van der Waals surface area contributed by atoms with Gasteiger partial charge in [-0.05, 0) is 24.1 Å². The fourth-order valence-corrected chi connectivity index (χ4v) is 1.80. The molecule has 98 valence electrons. The third kappa shape index (κ3) is 5.11. The minimum absolute atomic E-state index is 0.0480. The molecule has 0 aliphatic carbocycles. The summed E-state index contributed by atoms with van der Waals surface area (Å²) >= 11 is 0. The zero-order valence-electron chi connectivity index (χ0n) is 9.96. The molecule has 2 N–H and O–H groups in total. The van der Waals surface area contributed by atoms with Crippen molar-refractivity contribution in [1.82, 2.24) is 4.72 Å². The van der Waals surface area contributed by atoms with Gasteiger partial charge in [-0.15, -0.1) is 0 Å². The van der Waals surface area contributed by atoms with E-state index in [9.17, 15) is 13.2 Å². The number of carboxylic acids is 1. The molecule has 1 rings (SSSR count). The lowest BCUT2D eigenvalue weighted by molar-refractivity contribution is -0.131. The standard InChI is InChI=1S/C12H15NO4S/c1-2-18(16,17)13-9-11-5-3-10(4-6-11)7-8-12(14)15/h3-8,13H,2,9H2,1H3,(H,14,15). The molecule has 0 unspecified atom stereocenters. The highest BCUT2D eigenvalue weighted by Crippen LogP contribution is 2.06. The number of nitrogens with one attached hydrogen (secondary N) is 1. The van der Waals surface area contributed by atoms with E-state index in [1.165, 1.54) is 6.08 Å². The van der Waals surface area contributed by atoms with Crippen LogP contribution >= 0.6 is 0 Å². The maximum Gasteiger partial charge on any atom is 0.328 e. The summed E-state index contributed by atoms with van der Waals surface area (Å²) in [5.74, 6) is -0.957. The minimum atomic E-state index is -3.19. The first-order valence-corrected chi connectivity index (χ1v) is 7.05. The first-order chi connectivity index (χ1) is 8.43. The highest BCUT2D eigenvalue weighted by molar-refractivity contribution is 7.89. The summed E-state index contributed by atoms with van der Waals surface area (Å²) in [6, 6.07) is 6.96. The van der Waals surface area contributed by atoms with Gasteiger partial charge in [0.15, 0.2) is 0 Å². The second-order valence-corrected chi connectivity index (χ2v) is 5.73. The Balaban J connectivity index is 2.64. The van der Waals surface area contributed by atoms with Crippen molar-refractivity contribution < 1.29 is 18.3 Å². The topological polar surface area (TPSA) is 83.5 Å². The van der Waals surface area contributed by atoms with E-state index in [0.29, 0.717) is 0 Å². The summed E-state index contributed by atoms with van der Waals surface area (Å²) in [6.45, 7) is 1.81. The molecule has 0 saturated carbocycles. The Morgan fingerprint density at radius 1 is 1.33 bits per heavy atom. The second kappa shape index (κ2) is 6.32. The average molecular weight is 269 g/mol. The van der Waals surface area contributed by atoms with E-state index in [2.05, 4.69) is 4.72 Å². The Morgan fingerprint density at radius 3 is 2.44 bits per heavy atom. The number of aliphatic carboxylic acids is 1. The predicted molar refractivity (Wildman–Crippen MR) is 69.4 cm³/mol. The molecule has 0 spiro atoms. The van der Waals surface area contributed by atoms with Gasteiger partial charge in [0.2, 0.25) is 10.0 Å². The van der Waals surface area contributed by atoms with Crippen LogP contribution in [-0.4, -0.2) is 25.2 Å². The lowest BCUT2D eigenvalue weighted by atomic mass is 10.1. The molecule has 0 radical (unpaired) electrons. The van der Waals surface area contributed by atoms with Gasteiger partial charge in [-0.25, -0.2) is 17.9 Å². The van der Waals surface area contributed by atoms with Gasteiger partial charge in [0.1, 0.15) is 0 Å². The lowest BCUT2D eigenvalue weighted by Gasteiger charge is -2.04. The van der Waals surface area contributed by atoms with Gasteiger partial charge in [0.05, 0.1) is 5.75 Å². The first-order valence-electron chi connectivity index (χ1n) is 5.40. The van der Waals surface area contributed by atoms with Crippen LogP contribution in [0.15, 0.2) is 30.3 Å². The molecule has 0 fully saturated rings. The number of rotatable bonds is 6. The van der Waals surface area contributed by atoms with Gasteiger partial charge in [0, 0.05) is 12.6 Å². The molecule has 0 aliphatic rings. The summed E-state index contributed by atoms with van der Waals surface area (Å²) < 4.78 is 24.9. The Labute approximate surface area is 106 Å². The highest BCUT2D eigenvalue weighted by atomic mass is 32.2. The Hall–Kier alpha value is -1.66. The van der Waals surface area contributed by atoms with Crippen molar-refractivity contribution in [3.8, 4) is 0 Å². The van der Waals surface area contributed by atoms with Crippen LogP contribution in [-0.2, 0) is 21.4 Å². The first kappa shape index (κ1) is 14.4. The van der Waals surface area contributed by atoms with Crippen molar-refractivity contribution in [2.45, 2.75) is 13.5 Å². The van der Waals surface area contributed by atoms with Crippen LogP contribution in [0.3, 0.4) is 0 Å². The molecule has 0 heterocycles. The third-order valence-corrected chi connectivity index (χ3v) is 3.62. The molecular weight excluding hydrogens is 254 g/mol. The van der Waals surface area contributed by atoms with Crippen molar-refractivity contribution in [3.05, 3.63) is 41.5 Å². The molecule has 6 heteroatoms. The van der Waals surface area contributed by atoms with Crippen LogP contribution in [0.25, 0.3) is 6.08 Å². The Kier molecular flexibility index (Phi) is 5.06. The fourth-order valence-electron chi connectivity index (χ4n) is 1.21. The maximum absolute atomic E-state index is 11.2. The van der Waals surface area contributed by atoms with Gasteiger partial charge < -0.3 is 5.11 Å². The smallest absolute Gasteiger partial charge is 0.328 e. The highest BCUT2D eigenvalue weighted by Gasteiger charge is 2.05. The minimum Gasteiger partial charge on any atom is -0.478 e. The molecule has 1 aromatic rings. The van der Waals surface area contributed by atoms with Crippen molar-refractivity contribution in [3.63, 3.8) is 0 Å². The van der Waals surface area contributed by atoms with Crippen LogP contribution in [0.2, 0.25) is 0 Å². The van der Waals surface area contributed by atoms with Crippen LogP contribution in [0.5, 0.6) is 0 Å². The van der Waals surface area contributed by atoms with Gasteiger partial charge >= 0.3 is 5.97 Å². The number of carbonyl (C=O) groups is 1. The average Bonchev–Trinajstić information content (AvgIpc) is 2.35. The summed E-state index contributed by atoms with van der Waals surface area (Å²) in [6.07, 6.45) is 2.52. The molecule has 0 amide bonds. The molecule has 18 heavy (non-hydrogen) atoms. The van der Waals surface area contributed by atoms with Crippen molar-refractivity contribution in [2.75, 3.05) is 5.75 Å². The largest absolute Gasteiger partial charge is 0.478 e. The predicted octanol–water partition coefficient (Wildman–Crippen LogP) is 1.22. The summed E-state index contributed by atoms with van der Waals surface area (Å²) in [5, 5.41) is 8.47. The van der Waals surface area contributed by atoms with Crippen LogP contribution in [0.4, 0.5) is 0 Å². The number of benzene rings is 1. The number of carboxylic acid groups (broad SMARTS) is 1. The zero-order chi connectivity index (χ0) is 13.6. The second-order valence-electron chi connectivity index (χ2n) is 3.64. The van der Waals surface area contributed by atoms with E-state index in [1.807, 2.05) is 0 Å². The van der Waals surface area contributed by atoms with Crippen LogP contribution < -0.4 is 4.72 Å². The number of hydrogen-bond acceptors (Lipinski definition) is 3. The van der Waals surface area contributed by atoms with Crippen molar-refractivity contribution >= 4 is 22.1 Å². The molecule has 0 saturated heterocycles. The Morgan fingerprint density at radius 2 is 1.94 bits per heavy atom.